The molecule has 2 aliphatic heterocycles. The number of aryl methyl sites for hydroxylation is 1. The van der Waals surface area contributed by atoms with Crippen molar-refractivity contribution in [3.63, 3.8) is 0 Å². The summed E-state index contributed by atoms with van der Waals surface area (Å²) in [6.07, 6.45) is 3.06. The number of hydrogen-bond donors (Lipinski definition) is 0. The highest BCUT2D eigenvalue weighted by atomic mass is 16.6. The molecule has 0 saturated carbocycles. The molecule has 0 spiro atoms. The van der Waals surface area contributed by atoms with Crippen LogP contribution in [0.5, 0.6) is 5.75 Å². The number of carbonyl (C=O) groups excluding carboxylic acids is 4. The number of nitro groups is 1. The number of anilines is 2. The average molecular weight is 504 g/mol. The predicted octanol–water partition coefficient (Wildman–Crippen LogP) is 3.71. The molecule has 2 aromatic rings. The standard InChI is InChI=1S/C27H25N3O7/c1-15-3-10-21-22(11-15)26(33)29(25(21)32)18-6-8-20(9-7-18)37-27(34)17-12-24(31)28(14-17)19-5-4-16(2)23(13-19)30(35)36/h3-9,13,17,21-22H,10-12,14H2,1-2H3/t17-,21-,22-/m0/s1. The maximum atomic E-state index is 12.9. The minimum absolute atomic E-state index is 0.0446. The summed E-state index contributed by atoms with van der Waals surface area (Å²) in [5, 5.41) is 11.3. The third-order valence-corrected chi connectivity index (χ3v) is 7.30. The summed E-state index contributed by atoms with van der Waals surface area (Å²) in [6.45, 7) is 3.62. The average Bonchev–Trinajstić information content (AvgIpc) is 3.37. The Balaban J connectivity index is 1.25. The van der Waals surface area contributed by atoms with E-state index in [1.165, 1.54) is 28.0 Å². The van der Waals surface area contributed by atoms with Crippen LogP contribution in [0.4, 0.5) is 17.1 Å². The van der Waals surface area contributed by atoms with Gasteiger partial charge in [0.25, 0.3) is 5.69 Å². The molecule has 0 aromatic heterocycles. The van der Waals surface area contributed by atoms with Gasteiger partial charge in [0.05, 0.1) is 34.1 Å². The Bertz CT molecular complexity index is 1360. The fourth-order valence-electron chi connectivity index (χ4n) is 5.23. The predicted molar refractivity (Wildman–Crippen MR) is 133 cm³/mol. The van der Waals surface area contributed by atoms with Gasteiger partial charge < -0.3 is 9.64 Å². The van der Waals surface area contributed by atoms with Crippen molar-refractivity contribution in [2.24, 2.45) is 17.8 Å². The Hall–Kier alpha value is -4.34. The number of ether oxygens (including phenoxy) is 1. The molecule has 190 valence electrons. The first-order valence-electron chi connectivity index (χ1n) is 12.0. The van der Waals surface area contributed by atoms with E-state index in [9.17, 15) is 29.3 Å². The molecule has 1 aliphatic carbocycles. The van der Waals surface area contributed by atoms with E-state index in [2.05, 4.69) is 0 Å². The number of imide groups is 1. The minimum atomic E-state index is -0.742. The number of esters is 1. The molecule has 3 amide bonds. The first-order valence-corrected chi connectivity index (χ1v) is 12.0. The van der Waals surface area contributed by atoms with Crippen molar-refractivity contribution in [2.75, 3.05) is 16.3 Å². The number of allylic oxidation sites excluding steroid dienone is 2. The van der Waals surface area contributed by atoms with E-state index in [0.717, 1.165) is 5.57 Å². The van der Waals surface area contributed by atoms with Gasteiger partial charge in [0.15, 0.2) is 0 Å². The van der Waals surface area contributed by atoms with Crippen LogP contribution in [-0.2, 0) is 19.2 Å². The van der Waals surface area contributed by atoms with E-state index < -0.39 is 16.8 Å². The van der Waals surface area contributed by atoms with Gasteiger partial charge in [-0.2, -0.15) is 0 Å². The van der Waals surface area contributed by atoms with Gasteiger partial charge in [0, 0.05) is 24.6 Å². The Morgan fingerprint density at radius 1 is 0.973 bits per heavy atom. The van der Waals surface area contributed by atoms with Gasteiger partial charge in [0.1, 0.15) is 5.75 Å². The lowest BCUT2D eigenvalue weighted by atomic mass is 9.82. The van der Waals surface area contributed by atoms with Crippen LogP contribution < -0.4 is 14.5 Å². The Morgan fingerprint density at radius 2 is 1.65 bits per heavy atom. The molecular formula is C27H25N3O7. The number of rotatable bonds is 5. The zero-order chi connectivity index (χ0) is 26.4. The molecule has 2 heterocycles. The summed E-state index contributed by atoms with van der Waals surface area (Å²) in [5.74, 6) is -2.57. The van der Waals surface area contributed by atoms with E-state index in [4.69, 9.17) is 4.74 Å². The topological polar surface area (TPSA) is 127 Å². The lowest BCUT2D eigenvalue weighted by Gasteiger charge is -2.18. The quantitative estimate of drug-likeness (QED) is 0.152. The zero-order valence-corrected chi connectivity index (χ0v) is 20.4. The second kappa shape index (κ2) is 9.27. The third kappa shape index (κ3) is 4.39. The van der Waals surface area contributed by atoms with Gasteiger partial charge in [-0.05, 0) is 57.0 Å². The molecule has 37 heavy (non-hydrogen) atoms. The number of fused-ring (bicyclic) bond motifs is 1. The molecular weight excluding hydrogens is 478 g/mol. The highest BCUT2D eigenvalue weighted by Crippen LogP contribution is 2.40. The highest BCUT2D eigenvalue weighted by molar-refractivity contribution is 6.22. The molecule has 10 nitrogen and oxygen atoms in total. The van der Waals surface area contributed by atoms with Crippen molar-refractivity contribution < 1.29 is 28.8 Å². The van der Waals surface area contributed by atoms with Crippen LogP contribution in [0.15, 0.2) is 54.1 Å². The van der Waals surface area contributed by atoms with Crippen molar-refractivity contribution in [1.29, 1.82) is 0 Å². The van der Waals surface area contributed by atoms with Crippen molar-refractivity contribution >= 4 is 40.8 Å². The Morgan fingerprint density at radius 3 is 2.35 bits per heavy atom. The number of benzene rings is 2. The SMILES string of the molecule is CC1=CC[C@@H]2C(=O)N(c3ccc(OC(=O)[C@H]4CC(=O)N(c5ccc(C)c([N+](=O)[O-])c5)C4)cc3)C(=O)[C@H]2C1. The number of amides is 3. The Labute approximate surface area is 212 Å². The lowest BCUT2D eigenvalue weighted by Crippen LogP contribution is -2.30. The van der Waals surface area contributed by atoms with Gasteiger partial charge in [-0.3, -0.25) is 34.2 Å². The number of nitrogens with zero attached hydrogens (tertiary/aromatic N) is 3. The molecule has 2 saturated heterocycles. The summed E-state index contributed by atoms with van der Waals surface area (Å²) in [6, 6.07) is 10.7. The van der Waals surface area contributed by atoms with Gasteiger partial charge >= 0.3 is 5.97 Å². The van der Waals surface area contributed by atoms with Crippen molar-refractivity contribution in [3.8, 4) is 5.75 Å². The largest absolute Gasteiger partial charge is 0.426 e. The molecule has 0 N–H and O–H groups in total. The second-order valence-corrected chi connectivity index (χ2v) is 9.76. The summed E-state index contributed by atoms with van der Waals surface area (Å²) < 4.78 is 5.47. The monoisotopic (exact) mass is 503 g/mol. The fraction of sp³-hybridized carbons (Fsp3) is 0.333. The van der Waals surface area contributed by atoms with Gasteiger partial charge in [-0.15, -0.1) is 0 Å². The van der Waals surface area contributed by atoms with E-state index >= 15 is 0 Å². The first kappa shape index (κ1) is 24.4. The summed E-state index contributed by atoms with van der Waals surface area (Å²) in [5.41, 5.74) is 2.26. The van der Waals surface area contributed by atoms with Crippen molar-refractivity contribution in [3.05, 3.63) is 69.8 Å². The smallest absolute Gasteiger partial charge is 0.316 e. The van der Waals surface area contributed by atoms with E-state index in [0.29, 0.717) is 29.8 Å². The maximum Gasteiger partial charge on any atom is 0.316 e. The van der Waals surface area contributed by atoms with Crippen LogP contribution in [0.25, 0.3) is 0 Å². The zero-order valence-electron chi connectivity index (χ0n) is 20.4. The van der Waals surface area contributed by atoms with Crippen LogP contribution in [0, 0.1) is 34.8 Å². The van der Waals surface area contributed by atoms with E-state index in [1.54, 1.807) is 31.2 Å². The van der Waals surface area contributed by atoms with Crippen LogP contribution in [0.3, 0.4) is 0 Å². The van der Waals surface area contributed by atoms with Gasteiger partial charge in [0.2, 0.25) is 17.7 Å². The third-order valence-electron chi connectivity index (χ3n) is 7.30. The fourth-order valence-corrected chi connectivity index (χ4v) is 5.23. The van der Waals surface area contributed by atoms with Gasteiger partial charge in [-0.1, -0.05) is 17.7 Å². The van der Waals surface area contributed by atoms with E-state index in [-0.39, 0.29) is 54.0 Å². The normalized spacial score (nSPS) is 23.2. The molecule has 5 rings (SSSR count). The molecule has 3 atom stereocenters. The maximum absolute atomic E-state index is 12.9. The van der Waals surface area contributed by atoms with E-state index in [1.807, 2.05) is 13.0 Å². The summed E-state index contributed by atoms with van der Waals surface area (Å²) >= 11 is 0. The van der Waals surface area contributed by atoms with Crippen molar-refractivity contribution in [1.82, 2.24) is 0 Å². The van der Waals surface area contributed by atoms with Crippen LogP contribution in [0.1, 0.15) is 31.7 Å². The lowest BCUT2D eigenvalue weighted by molar-refractivity contribution is -0.385. The second-order valence-electron chi connectivity index (χ2n) is 9.76. The number of hydrogen-bond acceptors (Lipinski definition) is 7. The van der Waals surface area contributed by atoms with Crippen molar-refractivity contribution in [2.45, 2.75) is 33.1 Å². The number of carbonyl (C=O) groups is 4. The van der Waals surface area contributed by atoms with Crippen LogP contribution in [0.2, 0.25) is 0 Å². The number of nitro benzene ring substituents is 1. The molecule has 3 aliphatic rings. The summed E-state index contributed by atoms with van der Waals surface area (Å²) in [4.78, 5) is 64.4. The molecule has 10 heteroatoms. The molecule has 2 fully saturated rings. The molecule has 0 bridgehead atoms. The highest BCUT2D eigenvalue weighted by Gasteiger charge is 2.48. The van der Waals surface area contributed by atoms with Crippen LogP contribution >= 0.6 is 0 Å². The summed E-state index contributed by atoms with van der Waals surface area (Å²) in [7, 11) is 0. The van der Waals surface area contributed by atoms with Crippen LogP contribution in [-0.4, -0.2) is 35.2 Å². The molecule has 0 radical (unpaired) electrons. The molecule has 0 unspecified atom stereocenters. The van der Waals surface area contributed by atoms with Gasteiger partial charge in [-0.25, -0.2) is 0 Å². The molecule has 2 aromatic carbocycles. The Kier molecular flexibility index (Phi) is 6.10. The first-order chi connectivity index (χ1) is 17.6. The minimum Gasteiger partial charge on any atom is -0.426 e.